The quantitative estimate of drug-likeness (QED) is 0.0263. The number of hydrogen-bond acceptors (Lipinski definition) is 6. The number of carbonyl (C=O) groups excluding carboxylic acids is 3. The van der Waals surface area contributed by atoms with Gasteiger partial charge in [-0.25, -0.2) is 0 Å². The highest BCUT2D eigenvalue weighted by Gasteiger charge is 2.19. The van der Waals surface area contributed by atoms with Crippen molar-refractivity contribution in [3.63, 3.8) is 0 Å². The second-order valence-electron chi connectivity index (χ2n) is 18.2. The van der Waals surface area contributed by atoms with Gasteiger partial charge in [-0.3, -0.25) is 14.4 Å². The van der Waals surface area contributed by atoms with Crippen LogP contribution in [-0.2, 0) is 28.6 Å². The summed E-state index contributed by atoms with van der Waals surface area (Å²) in [6.45, 7) is 6.63. The van der Waals surface area contributed by atoms with E-state index in [4.69, 9.17) is 14.2 Å². The van der Waals surface area contributed by atoms with E-state index in [9.17, 15) is 14.4 Å². The van der Waals surface area contributed by atoms with Gasteiger partial charge < -0.3 is 14.2 Å². The largest absolute Gasteiger partial charge is 0.462 e. The monoisotopic (exact) mass is 847 g/mol. The van der Waals surface area contributed by atoms with E-state index in [0.29, 0.717) is 19.3 Å². The number of esters is 3. The summed E-state index contributed by atoms with van der Waals surface area (Å²) in [5.74, 6) is -0.857. The topological polar surface area (TPSA) is 78.9 Å². The van der Waals surface area contributed by atoms with E-state index in [1.165, 1.54) is 199 Å². The summed E-state index contributed by atoms with van der Waals surface area (Å²) in [6.07, 6.45) is 55.0. The lowest BCUT2D eigenvalue weighted by molar-refractivity contribution is -0.167. The van der Waals surface area contributed by atoms with E-state index in [2.05, 4.69) is 32.9 Å². The second kappa shape index (κ2) is 49.8. The number of allylic oxidation sites excluding steroid dienone is 2. The van der Waals surface area contributed by atoms with Crippen molar-refractivity contribution in [3.05, 3.63) is 12.2 Å². The summed E-state index contributed by atoms with van der Waals surface area (Å²) in [4.78, 5) is 37.8. The molecule has 0 aromatic carbocycles. The van der Waals surface area contributed by atoms with Crippen LogP contribution in [0.4, 0.5) is 0 Å². The summed E-state index contributed by atoms with van der Waals surface area (Å²) in [5.41, 5.74) is 0. The van der Waals surface area contributed by atoms with Gasteiger partial charge in [-0.15, -0.1) is 0 Å². The van der Waals surface area contributed by atoms with Crippen LogP contribution in [0, 0.1) is 0 Å². The van der Waals surface area contributed by atoms with Crippen molar-refractivity contribution in [2.45, 2.75) is 303 Å². The first-order valence-electron chi connectivity index (χ1n) is 26.7. The first kappa shape index (κ1) is 58.1. The van der Waals surface area contributed by atoms with Crippen molar-refractivity contribution in [2.75, 3.05) is 13.2 Å². The minimum Gasteiger partial charge on any atom is -0.462 e. The fourth-order valence-corrected chi connectivity index (χ4v) is 7.97. The van der Waals surface area contributed by atoms with Crippen molar-refractivity contribution < 1.29 is 28.6 Å². The predicted molar refractivity (Wildman–Crippen MR) is 256 cm³/mol. The number of rotatable bonds is 49. The minimum absolute atomic E-state index is 0.0662. The minimum atomic E-state index is -0.762. The van der Waals surface area contributed by atoms with Crippen LogP contribution in [-0.4, -0.2) is 37.2 Å². The Bertz CT molecular complexity index is 931. The van der Waals surface area contributed by atoms with Crippen LogP contribution in [0.2, 0.25) is 0 Å². The molecular formula is C54H102O6. The highest BCUT2D eigenvalue weighted by atomic mass is 16.6. The van der Waals surface area contributed by atoms with E-state index in [0.717, 1.165) is 57.8 Å². The number of ether oxygens (including phenoxy) is 3. The molecule has 0 spiro atoms. The van der Waals surface area contributed by atoms with Crippen LogP contribution in [0.25, 0.3) is 0 Å². The molecule has 0 fully saturated rings. The Morgan fingerprint density at radius 1 is 0.317 bits per heavy atom. The van der Waals surface area contributed by atoms with E-state index >= 15 is 0 Å². The van der Waals surface area contributed by atoms with Crippen LogP contribution in [0.5, 0.6) is 0 Å². The molecule has 0 aromatic rings. The molecule has 6 heteroatoms. The summed E-state index contributed by atoms with van der Waals surface area (Å²) in [7, 11) is 0. The SMILES string of the molecule is CCCCCCCC/C=C\CCCCCCCCCCCC(=O)OCC(COC(=O)CCCCCCCCC)OC(=O)CCCCCCCCCCCCCCCCCC. The average molecular weight is 847 g/mol. The first-order valence-corrected chi connectivity index (χ1v) is 26.7. The van der Waals surface area contributed by atoms with Gasteiger partial charge in [-0.2, -0.15) is 0 Å². The maximum Gasteiger partial charge on any atom is 0.306 e. The van der Waals surface area contributed by atoms with Gasteiger partial charge in [-0.1, -0.05) is 245 Å². The summed E-state index contributed by atoms with van der Waals surface area (Å²) >= 11 is 0. The maximum absolute atomic E-state index is 12.8. The van der Waals surface area contributed by atoms with Crippen LogP contribution < -0.4 is 0 Å². The lowest BCUT2D eigenvalue weighted by Crippen LogP contribution is -2.30. The highest BCUT2D eigenvalue weighted by molar-refractivity contribution is 5.71. The molecule has 0 saturated heterocycles. The molecule has 0 heterocycles. The average Bonchev–Trinajstić information content (AvgIpc) is 3.24. The van der Waals surface area contributed by atoms with Gasteiger partial charge in [0.2, 0.25) is 0 Å². The first-order chi connectivity index (χ1) is 29.5. The molecule has 6 nitrogen and oxygen atoms in total. The van der Waals surface area contributed by atoms with Gasteiger partial charge in [0, 0.05) is 19.3 Å². The molecule has 0 aromatic heterocycles. The van der Waals surface area contributed by atoms with Gasteiger partial charge in [0.15, 0.2) is 6.10 Å². The molecule has 0 radical (unpaired) electrons. The van der Waals surface area contributed by atoms with Crippen LogP contribution in [0.3, 0.4) is 0 Å². The second-order valence-corrected chi connectivity index (χ2v) is 18.2. The van der Waals surface area contributed by atoms with Crippen molar-refractivity contribution in [2.24, 2.45) is 0 Å². The predicted octanol–water partition coefficient (Wildman–Crippen LogP) is 17.4. The van der Waals surface area contributed by atoms with E-state index in [-0.39, 0.29) is 31.1 Å². The zero-order valence-electron chi connectivity index (χ0n) is 40.5. The number of hydrogen-bond donors (Lipinski definition) is 0. The molecule has 0 aliphatic heterocycles. The lowest BCUT2D eigenvalue weighted by atomic mass is 10.0. The Morgan fingerprint density at radius 3 is 0.833 bits per heavy atom. The Labute approximate surface area is 373 Å². The third kappa shape index (κ3) is 47.2. The zero-order valence-corrected chi connectivity index (χ0v) is 40.5. The Hall–Kier alpha value is -1.85. The number of carbonyl (C=O) groups is 3. The number of unbranched alkanes of at least 4 members (excludes halogenated alkanes) is 36. The van der Waals surface area contributed by atoms with Gasteiger partial charge in [0.25, 0.3) is 0 Å². The molecule has 0 bridgehead atoms. The molecular weight excluding hydrogens is 745 g/mol. The van der Waals surface area contributed by atoms with Gasteiger partial charge in [0.1, 0.15) is 13.2 Å². The van der Waals surface area contributed by atoms with Crippen molar-refractivity contribution in [1.82, 2.24) is 0 Å². The molecule has 0 aliphatic rings. The Kier molecular flexibility index (Phi) is 48.3. The zero-order chi connectivity index (χ0) is 43.7. The Balaban J connectivity index is 4.18. The van der Waals surface area contributed by atoms with E-state index in [1.807, 2.05) is 0 Å². The molecule has 1 atom stereocenters. The van der Waals surface area contributed by atoms with Crippen molar-refractivity contribution >= 4 is 17.9 Å². The molecule has 0 aliphatic carbocycles. The smallest absolute Gasteiger partial charge is 0.306 e. The van der Waals surface area contributed by atoms with Crippen molar-refractivity contribution in [1.29, 1.82) is 0 Å². The Morgan fingerprint density at radius 2 is 0.550 bits per heavy atom. The van der Waals surface area contributed by atoms with Crippen LogP contribution >= 0.6 is 0 Å². The van der Waals surface area contributed by atoms with Crippen LogP contribution in [0.1, 0.15) is 297 Å². The fourth-order valence-electron chi connectivity index (χ4n) is 7.97. The van der Waals surface area contributed by atoms with Gasteiger partial charge in [0.05, 0.1) is 0 Å². The molecule has 1 unspecified atom stereocenters. The summed E-state index contributed by atoms with van der Waals surface area (Å²) in [5, 5.41) is 0. The van der Waals surface area contributed by atoms with E-state index < -0.39 is 6.10 Å². The normalized spacial score (nSPS) is 12.0. The summed E-state index contributed by atoms with van der Waals surface area (Å²) in [6, 6.07) is 0. The molecule has 0 saturated carbocycles. The van der Waals surface area contributed by atoms with Crippen molar-refractivity contribution in [3.8, 4) is 0 Å². The van der Waals surface area contributed by atoms with Crippen LogP contribution in [0.15, 0.2) is 12.2 Å². The summed E-state index contributed by atoms with van der Waals surface area (Å²) < 4.78 is 16.8. The lowest BCUT2D eigenvalue weighted by Gasteiger charge is -2.18. The molecule has 0 N–H and O–H groups in total. The fraction of sp³-hybridized carbons (Fsp3) is 0.907. The standard InChI is InChI=1S/C54H102O6/c1-4-7-10-13-16-18-20-22-24-26-27-28-30-31-33-35-38-41-44-47-53(56)59-50-51(49-58-52(55)46-43-40-37-15-12-9-6-3)60-54(57)48-45-42-39-36-34-32-29-25-23-21-19-17-14-11-8-5-2/h22,24,51H,4-21,23,25-50H2,1-3H3/b24-22-. The molecule has 60 heavy (non-hydrogen) atoms. The maximum atomic E-state index is 12.8. The highest BCUT2D eigenvalue weighted by Crippen LogP contribution is 2.16. The van der Waals surface area contributed by atoms with Gasteiger partial charge in [-0.05, 0) is 44.9 Å². The molecule has 0 rings (SSSR count). The molecule has 354 valence electrons. The third-order valence-corrected chi connectivity index (χ3v) is 12.0. The molecule has 0 amide bonds. The van der Waals surface area contributed by atoms with E-state index in [1.54, 1.807) is 0 Å². The van der Waals surface area contributed by atoms with Gasteiger partial charge >= 0.3 is 17.9 Å². The third-order valence-electron chi connectivity index (χ3n) is 12.0.